The number of hydrogen-bond donors (Lipinski definition) is 2. The Kier molecular flexibility index (Phi) is 3.01. The topological polar surface area (TPSA) is 117 Å². The predicted molar refractivity (Wildman–Crippen MR) is 63.8 cm³/mol. The van der Waals surface area contributed by atoms with Gasteiger partial charge in [0.05, 0.1) is 11.1 Å². The standard InChI is InChI=1S/C11H13N3O5/c1-11(10(16)17)3-2-4-13(11)9(15)8-5-7(6-12-8)14(18)19/h5-6,12H,2-4H2,1H3,(H,16,17). The summed E-state index contributed by atoms with van der Waals surface area (Å²) in [6.45, 7) is 1.81. The van der Waals surface area contributed by atoms with Gasteiger partial charge in [-0.05, 0) is 19.8 Å². The molecule has 8 nitrogen and oxygen atoms in total. The third-order valence-corrected chi connectivity index (χ3v) is 3.46. The molecular weight excluding hydrogens is 254 g/mol. The van der Waals surface area contributed by atoms with Crippen molar-refractivity contribution in [1.29, 1.82) is 0 Å². The molecule has 0 spiro atoms. The summed E-state index contributed by atoms with van der Waals surface area (Å²) in [5.41, 5.74) is -1.45. The van der Waals surface area contributed by atoms with E-state index in [2.05, 4.69) is 4.98 Å². The van der Waals surface area contributed by atoms with Crippen LogP contribution in [0.2, 0.25) is 0 Å². The number of carboxylic acids is 1. The summed E-state index contributed by atoms with van der Waals surface area (Å²) >= 11 is 0. The van der Waals surface area contributed by atoms with E-state index in [0.717, 1.165) is 12.3 Å². The molecule has 1 atom stereocenters. The molecular formula is C11H13N3O5. The number of aromatic nitrogens is 1. The van der Waals surface area contributed by atoms with Gasteiger partial charge < -0.3 is 15.0 Å². The molecule has 8 heteroatoms. The van der Waals surface area contributed by atoms with E-state index in [9.17, 15) is 24.8 Å². The number of nitrogens with zero attached hydrogens (tertiary/aromatic N) is 2. The van der Waals surface area contributed by atoms with E-state index in [-0.39, 0.29) is 11.4 Å². The van der Waals surface area contributed by atoms with Crippen molar-refractivity contribution in [3.63, 3.8) is 0 Å². The molecule has 1 unspecified atom stereocenters. The molecule has 19 heavy (non-hydrogen) atoms. The van der Waals surface area contributed by atoms with Crippen LogP contribution in [0.15, 0.2) is 12.3 Å². The van der Waals surface area contributed by atoms with Crippen LogP contribution in [-0.2, 0) is 4.79 Å². The highest BCUT2D eigenvalue weighted by atomic mass is 16.6. The number of carboxylic acid groups (broad SMARTS) is 1. The summed E-state index contributed by atoms with van der Waals surface area (Å²) in [5.74, 6) is -1.60. The van der Waals surface area contributed by atoms with Crippen LogP contribution in [0, 0.1) is 10.1 Å². The Hall–Kier alpha value is -2.38. The quantitative estimate of drug-likeness (QED) is 0.626. The van der Waals surface area contributed by atoms with Gasteiger partial charge in [0.2, 0.25) is 0 Å². The molecule has 0 saturated carbocycles. The molecule has 2 rings (SSSR count). The van der Waals surface area contributed by atoms with Crippen molar-refractivity contribution < 1.29 is 19.6 Å². The van der Waals surface area contributed by atoms with Crippen LogP contribution in [0.5, 0.6) is 0 Å². The maximum Gasteiger partial charge on any atom is 0.329 e. The molecule has 0 aliphatic carbocycles. The smallest absolute Gasteiger partial charge is 0.329 e. The molecule has 1 aliphatic rings. The minimum absolute atomic E-state index is 0.0288. The number of amides is 1. The number of H-pyrrole nitrogens is 1. The molecule has 1 saturated heterocycles. The van der Waals surface area contributed by atoms with Gasteiger partial charge in [0.1, 0.15) is 11.2 Å². The van der Waals surface area contributed by atoms with Crippen molar-refractivity contribution in [3.05, 3.63) is 28.1 Å². The van der Waals surface area contributed by atoms with Gasteiger partial charge >= 0.3 is 5.97 Å². The molecule has 102 valence electrons. The maximum absolute atomic E-state index is 12.2. The Morgan fingerprint density at radius 2 is 2.26 bits per heavy atom. The van der Waals surface area contributed by atoms with Crippen LogP contribution >= 0.6 is 0 Å². The third kappa shape index (κ3) is 2.05. The van der Waals surface area contributed by atoms with Gasteiger partial charge in [0.25, 0.3) is 11.6 Å². The second kappa shape index (κ2) is 4.38. The number of carbonyl (C=O) groups excluding carboxylic acids is 1. The monoisotopic (exact) mass is 267 g/mol. The fourth-order valence-electron chi connectivity index (χ4n) is 2.27. The lowest BCUT2D eigenvalue weighted by Gasteiger charge is -2.30. The normalized spacial score (nSPS) is 22.5. The van der Waals surface area contributed by atoms with Gasteiger partial charge in [-0.2, -0.15) is 0 Å². The van der Waals surface area contributed by atoms with E-state index in [1.165, 1.54) is 11.8 Å². The first-order valence-electron chi connectivity index (χ1n) is 5.74. The summed E-state index contributed by atoms with van der Waals surface area (Å²) in [5, 5.41) is 19.8. The van der Waals surface area contributed by atoms with E-state index in [0.29, 0.717) is 19.4 Å². The van der Waals surface area contributed by atoms with Gasteiger partial charge in [-0.3, -0.25) is 14.9 Å². The van der Waals surface area contributed by atoms with Gasteiger partial charge in [0.15, 0.2) is 0 Å². The number of aliphatic carboxylic acids is 1. The lowest BCUT2D eigenvalue weighted by Crippen LogP contribution is -2.50. The highest BCUT2D eigenvalue weighted by molar-refractivity contribution is 5.97. The number of rotatable bonds is 3. The average molecular weight is 267 g/mol. The Bertz CT molecular complexity index is 552. The summed E-state index contributed by atoms with van der Waals surface area (Å²) < 4.78 is 0. The Balaban J connectivity index is 2.28. The van der Waals surface area contributed by atoms with E-state index in [1.54, 1.807) is 0 Å². The second-order valence-corrected chi connectivity index (χ2v) is 4.67. The van der Waals surface area contributed by atoms with Crippen LogP contribution in [0.4, 0.5) is 5.69 Å². The zero-order chi connectivity index (χ0) is 14.2. The van der Waals surface area contributed by atoms with Crippen molar-refractivity contribution >= 4 is 17.6 Å². The second-order valence-electron chi connectivity index (χ2n) is 4.67. The first-order chi connectivity index (χ1) is 8.86. The number of nitro groups is 1. The minimum atomic E-state index is -1.25. The van der Waals surface area contributed by atoms with E-state index in [4.69, 9.17) is 0 Å². The fourth-order valence-corrected chi connectivity index (χ4v) is 2.27. The first-order valence-corrected chi connectivity index (χ1v) is 5.74. The molecule has 0 bridgehead atoms. The minimum Gasteiger partial charge on any atom is -0.480 e. The molecule has 1 amide bonds. The summed E-state index contributed by atoms with van der Waals surface area (Å²) in [6, 6.07) is 1.11. The van der Waals surface area contributed by atoms with Crippen LogP contribution in [0.25, 0.3) is 0 Å². The Labute approximate surface area is 108 Å². The summed E-state index contributed by atoms with van der Waals surface area (Å²) in [4.78, 5) is 37.2. The SMILES string of the molecule is CC1(C(=O)O)CCCN1C(=O)c1cc([N+](=O)[O-])c[nH]1. The van der Waals surface area contributed by atoms with Crippen LogP contribution in [0.1, 0.15) is 30.3 Å². The zero-order valence-corrected chi connectivity index (χ0v) is 10.3. The lowest BCUT2D eigenvalue weighted by atomic mass is 9.99. The highest BCUT2D eigenvalue weighted by Crippen LogP contribution is 2.31. The van der Waals surface area contributed by atoms with Crippen molar-refractivity contribution in [2.75, 3.05) is 6.54 Å². The van der Waals surface area contributed by atoms with Gasteiger partial charge in [-0.25, -0.2) is 4.79 Å². The average Bonchev–Trinajstić information content (AvgIpc) is 2.95. The maximum atomic E-state index is 12.2. The zero-order valence-electron chi connectivity index (χ0n) is 10.3. The third-order valence-electron chi connectivity index (χ3n) is 3.46. The highest BCUT2D eigenvalue weighted by Gasteiger charge is 2.46. The molecule has 2 heterocycles. The van der Waals surface area contributed by atoms with Crippen LogP contribution in [0.3, 0.4) is 0 Å². The van der Waals surface area contributed by atoms with Gasteiger partial charge in [0, 0.05) is 12.6 Å². The largest absolute Gasteiger partial charge is 0.480 e. The number of nitrogens with one attached hydrogen (secondary N) is 1. The Morgan fingerprint density at radius 1 is 1.58 bits per heavy atom. The van der Waals surface area contributed by atoms with Gasteiger partial charge in [-0.15, -0.1) is 0 Å². The van der Waals surface area contributed by atoms with Gasteiger partial charge in [-0.1, -0.05) is 0 Å². The number of likely N-dealkylation sites (tertiary alicyclic amines) is 1. The van der Waals surface area contributed by atoms with Crippen LogP contribution in [-0.4, -0.2) is 43.9 Å². The lowest BCUT2D eigenvalue weighted by molar-refractivity contribution is -0.384. The molecule has 2 N–H and O–H groups in total. The van der Waals surface area contributed by atoms with E-state index < -0.39 is 22.3 Å². The molecule has 0 aromatic carbocycles. The van der Waals surface area contributed by atoms with E-state index in [1.807, 2.05) is 0 Å². The van der Waals surface area contributed by atoms with Crippen molar-refractivity contribution in [3.8, 4) is 0 Å². The number of hydrogen-bond acceptors (Lipinski definition) is 4. The fraction of sp³-hybridized carbons (Fsp3) is 0.455. The Morgan fingerprint density at radius 3 is 2.79 bits per heavy atom. The summed E-state index contributed by atoms with van der Waals surface area (Å²) in [7, 11) is 0. The molecule has 0 radical (unpaired) electrons. The van der Waals surface area contributed by atoms with Crippen molar-refractivity contribution in [2.24, 2.45) is 0 Å². The summed E-state index contributed by atoms with van der Waals surface area (Å²) in [6.07, 6.45) is 2.08. The van der Waals surface area contributed by atoms with Crippen molar-refractivity contribution in [2.45, 2.75) is 25.3 Å². The number of carbonyl (C=O) groups is 2. The predicted octanol–water partition coefficient (Wildman–Crippen LogP) is 1.00. The molecule has 1 aromatic rings. The number of aromatic amines is 1. The van der Waals surface area contributed by atoms with Crippen molar-refractivity contribution in [1.82, 2.24) is 9.88 Å². The first kappa shape index (κ1) is 13.1. The molecule has 1 aromatic heterocycles. The molecule has 1 fully saturated rings. The van der Waals surface area contributed by atoms with E-state index >= 15 is 0 Å². The van der Waals surface area contributed by atoms with Crippen LogP contribution < -0.4 is 0 Å². The molecule has 1 aliphatic heterocycles.